The zero-order chi connectivity index (χ0) is 15.9. The maximum Gasteiger partial charge on any atom is 0.127 e. The average Bonchev–Trinajstić information content (AvgIpc) is 2.59. The lowest BCUT2D eigenvalue weighted by Crippen LogP contribution is -2.18. The Morgan fingerprint density at radius 2 is 1.95 bits per heavy atom. The molecule has 0 amide bonds. The molecule has 1 N–H and O–H groups in total. The molecular formula is C18H20N2O2. The zero-order valence-corrected chi connectivity index (χ0v) is 13.1. The molecule has 0 aliphatic carbocycles. The topological polar surface area (TPSA) is 54.3 Å². The molecule has 0 aliphatic rings. The molecule has 22 heavy (non-hydrogen) atoms. The third-order valence-electron chi connectivity index (χ3n) is 3.58. The van der Waals surface area contributed by atoms with Crippen LogP contribution in [0.15, 0.2) is 42.5 Å². The van der Waals surface area contributed by atoms with E-state index in [2.05, 4.69) is 18.3 Å². The van der Waals surface area contributed by atoms with Crippen molar-refractivity contribution >= 4 is 0 Å². The Labute approximate surface area is 131 Å². The van der Waals surface area contributed by atoms with Gasteiger partial charge in [-0.2, -0.15) is 5.26 Å². The number of hydrogen-bond donors (Lipinski definition) is 1. The van der Waals surface area contributed by atoms with Crippen molar-refractivity contribution in [3.05, 3.63) is 59.2 Å². The Morgan fingerprint density at radius 1 is 1.14 bits per heavy atom. The number of hydrogen-bond acceptors (Lipinski definition) is 4. The van der Waals surface area contributed by atoms with E-state index in [1.54, 1.807) is 20.3 Å². The SMILES string of the molecule is COc1ccc([C@H](C)NCc2cccc(C#N)c2)c(OC)c1. The zero-order valence-electron chi connectivity index (χ0n) is 13.1. The minimum Gasteiger partial charge on any atom is -0.497 e. The number of ether oxygens (including phenoxy) is 2. The van der Waals surface area contributed by atoms with E-state index in [1.807, 2.05) is 36.4 Å². The van der Waals surface area contributed by atoms with E-state index in [1.165, 1.54) is 0 Å². The van der Waals surface area contributed by atoms with Gasteiger partial charge in [0.1, 0.15) is 11.5 Å². The molecule has 0 aliphatic heterocycles. The highest BCUT2D eigenvalue weighted by Crippen LogP contribution is 2.29. The molecule has 0 fully saturated rings. The number of methoxy groups -OCH3 is 2. The predicted octanol–water partition coefficient (Wildman–Crippen LogP) is 3.43. The molecule has 0 spiro atoms. The molecule has 4 nitrogen and oxygen atoms in total. The van der Waals surface area contributed by atoms with Gasteiger partial charge in [0.2, 0.25) is 0 Å². The van der Waals surface area contributed by atoms with Gasteiger partial charge in [0.25, 0.3) is 0 Å². The van der Waals surface area contributed by atoms with E-state index in [4.69, 9.17) is 14.7 Å². The molecule has 1 atom stereocenters. The van der Waals surface area contributed by atoms with Gasteiger partial charge in [-0.05, 0) is 30.7 Å². The van der Waals surface area contributed by atoms with Crippen molar-refractivity contribution in [3.8, 4) is 17.6 Å². The molecule has 114 valence electrons. The van der Waals surface area contributed by atoms with Crippen molar-refractivity contribution in [1.29, 1.82) is 5.26 Å². The minimum absolute atomic E-state index is 0.117. The molecule has 4 heteroatoms. The third-order valence-corrected chi connectivity index (χ3v) is 3.58. The van der Waals surface area contributed by atoms with Gasteiger partial charge in [0, 0.05) is 24.2 Å². The van der Waals surface area contributed by atoms with Gasteiger partial charge in [0.15, 0.2) is 0 Å². The van der Waals surface area contributed by atoms with Crippen molar-refractivity contribution in [2.75, 3.05) is 14.2 Å². The van der Waals surface area contributed by atoms with Gasteiger partial charge < -0.3 is 14.8 Å². The van der Waals surface area contributed by atoms with Crippen molar-refractivity contribution in [2.45, 2.75) is 19.5 Å². The molecule has 0 aromatic heterocycles. The molecule has 0 unspecified atom stereocenters. The summed E-state index contributed by atoms with van der Waals surface area (Å²) in [5, 5.41) is 12.4. The molecule has 0 heterocycles. The molecule has 2 aromatic carbocycles. The minimum atomic E-state index is 0.117. The highest BCUT2D eigenvalue weighted by molar-refractivity contribution is 5.42. The second-order valence-electron chi connectivity index (χ2n) is 5.02. The van der Waals surface area contributed by atoms with Gasteiger partial charge >= 0.3 is 0 Å². The van der Waals surface area contributed by atoms with Crippen LogP contribution in [0.4, 0.5) is 0 Å². The second-order valence-corrected chi connectivity index (χ2v) is 5.02. The first-order chi connectivity index (χ1) is 10.7. The first-order valence-corrected chi connectivity index (χ1v) is 7.12. The highest BCUT2D eigenvalue weighted by atomic mass is 16.5. The molecule has 0 radical (unpaired) electrons. The van der Waals surface area contributed by atoms with Crippen LogP contribution >= 0.6 is 0 Å². The Morgan fingerprint density at radius 3 is 2.64 bits per heavy atom. The summed E-state index contributed by atoms with van der Waals surface area (Å²) < 4.78 is 10.6. The van der Waals surface area contributed by atoms with Gasteiger partial charge in [-0.25, -0.2) is 0 Å². The largest absolute Gasteiger partial charge is 0.497 e. The summed E-state index contributed by atoms with van der Waals surface area (Å²) in [5.74, 6) is 1.57. The van der Waals surface area contributed by atoms with E-state index >= 15 is 0 Å². The smallest absolute Gasteiger partial charge is 0.127 e. The summed E-state index contributed by atoms with van der Waals surface area (Å²) in [6, 6.07) is 15.7. The number of nitriles is 1. The summed E-state index contributed by atoms with van der Waals surface area (Å²) in [6.07, 6.45) is 0. The fourth-order valence-electron chi connectivity index (χ4n) is 2.31. The molecular weight excluding hydrogens is 276 g/mol. The summed E-state index contributed by atoms with van der Waals surface area (Å²) in [4.78, 5) is 0. The fourth-order valence-corrected chi connectivity index (χ4v) is 2.31. The standard InChI is InChI=1S/C18H20N2O2/c1-13(17-8-7-16(21-2)10-18(17)22-3)20-12-15-6-4-5-14(9-15)11-19/h4-10,13,20H,12H2,1-3H3/t13-/m0/s1. The monoisotopic (exact) mass is 296 g/mol. The van der Waals surface area contributed by atoms with Gasteiger partial charge in [-0.3, -0.25) is 0 Å². The van der Waals surface area contributed by atoms with Crippen LogP contribution in [0.2, 0.25) is 0 Å². The molecule has 0 saturated heterocycles. The Balaban J connectivity index is 2.09. The maximum absolute atomic E-state index is 8.94. The lowest BCUT2D eigenvalue weighted by atomic mass is 10.1. The second kappa shape index (κ2) is 7.48. The van der Waals surface area contributed by atoms with Crippen LogP contribution in [0.1, 0.15) is 29.7 Å². The van der Waals surface area contributed by atoms with Crippen molar-refractivity contribution in [1.82, 2.24) is 5.32 Å². The van der Waals surface area contributed by atoms with Crippen molar-refractivity contribution in [3.63, 3.8) is 0 Å². The van der Waals surface area contributed by atoms with Gasteiger partial charge in [-0.1, -0.05) is 18.2 Å². The Bertz CT molecular complexity index is 677. The predicted molar refractivity (Wildman–Crippen MR) is 86.0 cm³/mol. The maximum atomic E-state index is 8.94. The summed E-state index contributed by atoms with van der Waals surface area (Å²) >= 11 is 0. The van der Waals surface area contributed by atoms with Crippen LogP contribution < -0.4 is 14.8 Å². The van der Waals surface area contributed by atoms with Gasteiger partial charge in [-0.15, -0.1) is 0 Å². The number of nitrogens with zero attached hydrogens (tertiary/aromatic N) is 1. The van der Waals surface area contributed by atoms with Crippen LogP contribution in [-0.2, 0) is 6.54 Å². The highest BCUT2D eigenvalue weighted by Gasteiger charge is 2.12. The van der Waals surface area contributed by atoms with E-state index in [9.17, 15) is 0 Å². The third kappa shape index (κ3) is 3.78. The van der Waals surface area contributed by atoms with Crippen LogP contribution in [-0.4, -0.2) is 14.2 Å². The van der Waals surface area contributed by atoms with Crippen LogP contribution in [0.5, 0.6) is 11.5 Å². The molecule has 2 rings (SSSR count). The van der Waals surface area contributed by atoms with E-state index in [0.29, 0.717) is 12.1 Å². The summed E-state index contributed by atoms with van der Waals surface area (Å²) in [6.45, 7) is 2.77. The molecule has 2 aromatic rings. The van der Waals surface area contributed by atoms with Crippen molar-refractivity contribution < 1.29 is 9.47 Å². The summed E-state index contributed by atoms with van der Waals surface area (Å²) in [7, 11) is 3.29. The van der Waals surface area contributed by atoms with Crippen molar-refractivity contribution in [2.24, 2.45) is 0 Å². The quantitative estimate of drug-likeness (QED) is 0.887. The Kier molecular flexibility index (Phi) is 5.40. The van der Waals surface area contributed by atoms with E-state index in [-0.39, 0.29) is 6.04 Å². The lowest BCUT2D eigenvalue weighted by molar-refractivity contribution is 0.386. The number of nitrogens with one attached hydrogen (secondary N) is 1. The van der Waals surface area contributed by atoms with E-state index in [0.717, 1.165) is 22.6 Å². The van der Waals surface area contributed by atoms with Gasteiger partial charge in [0.05, 0.1) is 25.9 Å². The van der Waals surface area contributed by atoms with Crippen LogP contribution in [0.3, 0.4) is 0 Å². The number of benzene rings is 2. The first-order valence-electron chi connectivity index (χ1n) is 7.12. The Hall–Kier alpha value is -2.51. The molecule has 0 saturated carbocycles. The van der Waals surface area contributed by atoms with Crippen LogP contribution in [0.25, 0.3) is 0 Å². The van der Waals surface area contributed by atoms with E-state index < -0.39 is 0 Å². The summed E-state index contributed by atoms with van der Waals surface area (Å²) in [5.41, 5.74) is 2.83. The number of rotatable bonds is 6. The average molecular weight is 296 g/mol. The fraction of sp³-hybridized carbons (Fsp3) is 0.278. The normalized spacial score (nSPS) is 11.5. The molecule has 0 bridgehead atoms. The lowest BCUT2D eigenvalue weighted by Gasteiger charge is -2.18. The first kappa shape index (κ1) is 15.9. The van der Waals surface area contributed by atoms with Crippen LogP contribution in [0, 0.1) is 11.3 Å².